The Morgan fingerprint density at radius 1 is 1.27 bits per heavy atom. The molecule has 0 bridgehead atoms. The van der Waals surface area contributed by atoms with Crippen molar-refractivity contribution in [3.8, 4) is 0 Å². The summed E-state index contributed by atoms with van der Waals surface area (Å²) in [5, 5.41) is 7.78. The summed E-state index contributed by atoms with van der Waals surface area (Å²) in [5.41, 5.74) is 4.46. The number of carbonyl (C=O) groups excluding carboxylic acids is 1. The third kappa shape index (κ3) is 4.26. The highest BCUT2D eigenvalue weighted by molar-refractivity contribution is 5.74. The maximum absolute atomic E-state index is 12.5. The first-order valence-corrected chi connectivity index (χ1v) is 9.68. The van der Waals surface area contributed by atoms with Crippen molar-refractivity contribution in [1.82, 2.24) is 20.0 Å². The molecule has 140 valence electrons. The Bertz CT molecular complexity index is 738. The van der Waals surface area contributed by atoms with Gasteiger partial charge in [-0.05, 0) is 38.2 Å². The molecule has 1 saturated heterocycles. The molecule has 2 amide bonds. The molecule has 5 nitrogen and oxygen atoms in total. The van der Waals surface area contributed by atoms with E-state index in [9.17, 15) is 4.79 Å². The van der Waals surface area contributed by atoms with Gasteiger partial charge in [-0.3, -0.25) is 4.68 Å². The van der Waals surface area contributed by atoms with Crippen molar-refractivity contribution in [2.75, 3.05) is 13.1 Å². The smallest absolute Gasteiger partial charge is 0.317 e. The van der Waals surface area contributed by atoms with Gasteiger partial charge in [0, 0.05) is 30.9 Å². The second-order valence-electron chi connectivity index (χ2n) is 7.31. The van der Waals surface area contributed by atoms with Crippen molar-refractivity contribution in [3.63, 3.8) is 0 Å². The SMILES string of the molecule is CCC1CCCN(C(=O)NCc2c(C)nn(Cc3ccccc3)c2C)C1. The average molecular weight is 354 g/mol. The maximum atomic E-state index is 12.5. The zero-order valence-corrected chi connectivity index (χ0v) is 16.2. The molecule has 0 aliphatic carbocycles. The lowest BCUT2D eigenvalue weighted by molar-refractivity contribution is 0.163. The summed E-state index contributed by atoms with van der Waals surface area (Å²) in [6, 6.07) is 10.4. The minimum atomic E-state index is 0.0535. The van der Waals surface area contributed by atoms with Crippen molar-refractivity contribution in [3.05, 3.63) is 52.8 Å². The minimum Gasteiger partial charge on any atom is -0.334 e. The van der Waals surface area contributed by atoms with Crippen LogP contribution in [0.3, 0.4) is 0 Å². The van der Waals surface area contributed by atoms with Gasteiger partial charge in [-0.25, -0.2) is 4.79 Å². The van der Waals surface area contributed by atoms with E-state index < -0.39 is 0 Å². The summed E-state index contributed by atoms with van der Waals surface area (Å²) in [6.45, 7) is 9.35. The van der Waals surface area contributed by atoms with Crippen molar-refractivity contribution < 1.29 is 4.79 Å². The van der Waals surface area contributed by atoms with Gasteiger partial charge >= 0.3 is 6.03 Å². The van der Waals surface area contributed by atoms with Crippen LogP contribution in [0.2, 0.25) is 0 Å². The third-order valence-corrected chi connectivity index (χ3v) is 5.51. The number of hydrogen-bond donors (Lipinski definition) is 1. The first kappa shape index (κ1) is 18.5. The number of piperidine rings is 1. The molecule has 2 aromatic rings. The summed E-state index contributed by atoms with van der Waals surface area (Å²) in [6.07, 6.45) is 3.50. The number of urea groups is 1. The van der Waals surface area contributed by atoms with Crippen LogP contribution in [-0.2, 0) is 13.1 Å². The monoisotopic (exact) mass is 354 g/mol. The van der Waals surface area contributed by atoms with Gasteiger partial charge in [0.05, 0.1) is 12.2 Å². The van der Waals surface area contributed by atoms with Crippen LogP contribution in [0.4, 0.5) is 4.79 Å². The predicted octanol–water partition coefficient (Wildman–Crippen LogP) is 3.88. The highest BCUT2D eigenvalue weighted by Crippen LogP contribution is 2.19. The second kappa shape index (κ2) is 8.39. The number of carbonyl (C=O) groups is 1. The number of likely N-dealkylation sites (tertiary alicyclic amines) is 1. The van der Waals surface area contributed by atoms with E-state index in [1.807, 2.05) is 34.7 Å². The Morgan fingerprint density at radius 2 is 2.04 bits per heavy atom. The van der Waals surface area contributed by atoms with Gasteiger partial charge < -0.3 is 10.2 Å². The highest BCUT2D eigenvalue weighted by atomic mass is 16.2. The molecule has 3 rings (SSSR count). The molecule has 5 heteroatoms. The largest absolute Gasteiger partial charge is 0.334 e. The number of rotatable bonds is 5. The van der Waals surface area contributed by atoms with E-state index in [-0.39, 0.29) is 6.03 Å². The molecule has 0 saturated carbocycles. The molecule has 1 aliphatic heterocycles. The van der Waals surface area contributed by atoms with Crippen LogP contribution in [0.5, 0.6) is 0 Å². The number of aromatic nitrogens is 2. The fraction of sp³-hybridized carbons (Fsp3) is 0.524. The van der Waals surface area contributed by atoms with Crippen LogP contribution in [0.25, 0.3) is 0 Å². The van der Waals surface area contributed by atoms with E-state index in [2.05, 4.69) is 36.4 Å². The lowest BCUT2D eigenvalue weighted by atomic mass is 9.96. The van der Waals surface area contributed by atoms with E-state index in [0.29, 0.717) is 12.5 Å². The van der Waals surface area contributed by atoms with Gasteiger partial charge in [-0.1, -0.05) is 43.7 Å². The fourth-order valence-electron chi connectivity index (χ4n) is 3.76. The van der Waals surface area contributed by atoms with Crippen molar-refractivity contribution >= 4 is 6.03 Å². The van der Waals surface area contributed by atoms with E-state index in [1.165, 1.54) is 12.0 Å². The Hall–Kier alpha value is -2.30. The van der Waals surface area contributed by atoms with Gasteiger partial charge in [0.25, 0.3) is 0 Å². The third-order valence-electron chi connectivity index (χ3n) is 5.51. The van der Waals surface area contributed by atoms with E-state index in [1.54, 1.807) is 0 Å². The topological polar surface area (TPSA) is 50.2 Å². The predicted molar refractivity (Wildman–Crippen MR) is 104 cm³/mol. The molecular weight excluding hydrogens is 324 g/mol. The molecule has 26 heavy (non-hydrogen) atoms. The minimum absolute atomic E-state index is 0.0535. The molecule has 1 fully saturated rings. The molecule has 1 atom stereocenters. The van der Waals surface area contributed by atoms with E-state index >= 15 is 0 Å². The van der Waals surface area contributed by atoms with Crippen LogP contribution in [0.1, 0.15) is 48.7 Å². The number of amides is 2. The molecule has 0 spiro atoms. The number of benzene rings is 1. The van der Waals surface area contributed by atoms with Gasteiger partial charge in [-0.15, -0.1) is 0 Å². The molecule has 1 unspecified atom stereocenters. The first-order valence-electron chi connectivity index (χ1n) is 9.68. The Labute approximate surface area is 156 Å². The Kier molecular flexibility index (Phi) is 5.96. The molecule has 0 radical (unpaired) electrons. The van der Waals surface area contributed by atoms with Crippen molar-refractivity contribution in [1.29, 1.82) is 0 Å². The van der Waals surface area contributed by atoms with Crippen molar-refractivity contribution in [2.45, 2.75) is 53.1 Å². The van der Waals surface area contributed by atoms with E-state index in [4.69, 9.17) is 0 Å². The maximum Gasteiger partial charge on any atom is 0.317 e. The lowest BCUT2D eigenvalue weighted by Crippen LogP contribution is -2.45. The molecule has 1 aliphatic rings. The highest BCUT2D eigenvalue weighted by Gasteiger charge is 2.23. The number of nitrogens with one attached hydrogen (secondary N) is 1. The van der Waals surface area contributed by atoms with Crippen LogP contribution < -0.4 is 5.32 Å². The van der Waals surface area contributed by atoms with Gasteiger partial charge in [0.1, 0.15) is 0 Å². The first-order chi connectivity index (χ1) is 12.6. The van der Waals surface area contributed by atoms with Crippen LogP contribution >= 0.6 is 0 Å². The summed E-state index contributed by atoms with van der Waals surface area (Å²) >= 11 is 0. The number of hydrogen-bond acceptors (Lipinski definition) is 2. The molecule has 2 heterocycles. The summed E-state index contributed by atoms with van der Waals surface area (Å²) in [4.78, 5) is 14.5. The van der Waals surface area contributed by atoms with Gasteiger partial charge in [-0.2, -0.15) is 5.10 Å². The lowest BCUT2D eigenvalue weighted by Gasteiger charge is -2.32. The average Bonchev–Trinajstić information content (AvgIpc) is 2.93. The summed E-state index contributed by atoms with van der Waals surface area (Å²) in [7, 11) is 0. The van der Waals surface area contributed by atoms with Crippen LogP contribution in [0.15, 0.2) is 30.3 Å². The van der Waals surface area contributed by atoms with Gasteiger partial charge in [0.2, 0.25) is 0 Å². The summed E-state index contributed by atoms with van der Waals surface area (Å²) < 4.78 is 2.03. The van der Waals surface area contributed by atoms with Crippen LogP contribution in [-0.4, -0.2) is 33.8 Å². The van der Waals surface area contributed by atoms with Crippen LogP contribution in [0, 0.1) is 19.8 Å². The Morgan fingerprint density at radius 3 is 2.77 bits per heavy atom. The molecular formula is C21H30N4O. The molecule has 1 N–H and O–H groups in total. The van der Waals surface area contributed by atoms with E-state index in [0.717, 1.165) is 49.4 Å². The molecule has 1 aromatic heterocycles. The Balaban J connectivity index is 1.62. The number of nitrogens with zero attached hydrogens (tertiary/aromatic N) is 3. The van der Waals surface area contributed by atoms with Crippen molar-refractivity contribution in [2.24, 2.45) is 5.92 Å². The normalized spacial score (nSPS) is 17.3. The second-order valence-corrected chi connectivity index (χ2v) is 7.31. The standard InChI is InChI=1S/C21H30N4O/c1-4-18-11-8-12-24(14-18)21(26)22-13-20-16(2)23-25(17(20)3)15-19-9-6-5-7-10-19/h5-7,9-10,18H,4,8,11-15H2,1-3H3,(H,22,26). The van der Waals surface area contributed by atoms with Gasteiger partial charge in [0.15, 0.2) is 0 Å². The zero-order chi connectivity index (χ0) is 18.5. The molecule has 1 aromatic carbocycles. The quantitative estimate of drug-likeness (QED) is 0.886. The number of aryl methyl sites for hydroxylation is 1. The fourth-order valence-corrected chi connectivity index (χ4v) is 3.76. The summed E-state index contributed by atoms with van der Waals surface area (Å²) in [5.74, 6) is 0.645. The zero-order valence-electron chi connectivity index (χ0n) is 16.2.